The fraction of sp³-hybridized carbons (Fsp3) is 0.400. The van der Waals surface area contributed by atoms with Gasteiger partial charge in [-0.05, 0) is 18.9 Å². The zero-order valence-corrected chi connectivity index (χ0v) is 11.7. The van der Waals surface area contributed by atoms with Crippen LogP contribution in [-0.4, -0.2) is 9.78 Å². The van der Waals surface area contributed by atoms with Gasteiger partial charge in [-0.1, -0.05) is 32.0 Å². The van der Waals surface area contributed by atoms with Gasteiger partial charge < -0.3 is 5.32 Å². The lowest BCUT2D eigenvalue weighted by atomic mass is 10.0. The highest BCUT2D eigenvalue weighted by Gasteiger charge is 2.15. The second-order valence-electron chi connectivity index (χ2n) is 4.64. The molecule has 0 radical (unpaired) electrons. The minimum atomic E-state index is -0.163. The van der Waals surface area contributed by atoms with E-state index in [0.717, 1.165) is 24.2 Å². The molecule has 2 rings (SSSR count). The quantitative estimate of drug-likeness (QED) is 0.889. The van der Waals surface area contributed by atoms with Crippen molar-refractivity contribution < 1.29 is 4.39 Å². The molecule has 0 bridgehead atoms. The van der Waals surface area contributed by atoms with E-state index in [1.807, 2.05) is 32.3 Å². The molecule has 0 amide bonds. The fourth-order valence-electron chi connectivity index (χ4n) is 2.26. The van der Waals surface area contributed by atoms with E-state index in [4.69, 9.17) is 0 Å². The van der Waals surface area contributed by atoms with Crippen LogP contribution in [0, 0.1) is 5.82 Å². The van der Waals surface area contributed by atoms with Crippen LogP contribution >= 0.6 is 0 Å². The number of rotatable bonds is 5. The smallest absolute Gasteiger partial charge is 0.128 e. The molecule has 1 unspecified atom stereocenters. The Labute approximate surface area is 113 Å². The zero-order valence-electron chi connectivity index (χ0n) is 11.7. The van der Waals surface area contributed by atoms with Gasteiger partial charge in [0, 0.05) is 18.8 Å². The van der Waals surface area contributed by atoms with Crippen LogP contribution in [0.25, 0.3) is 0 Å². The number of hydrogen-bond donors (Lipinski definition) is 1. The van der Waals surface area contributed by atoms with Crippen molar-refractivity contribution in [2.45, 2.75) is 32.7 Å². The van der Waals surface area contributed by atoms with Crippen molar-refractivity contribution in [3.63, 3.8) is 0 Å². The van der Waals surface area contributed by atoms with Crippen molar-refractivity contribution >= 4 is 5.69 Å². The van der Waals surface area contributed by atoms with Crippen molar-refractivity contribution in [2.75, 3.05) is 5.32 Å². The number of benzene rings is 1. The Morgan fingerprint density at radius 2 is 2.05 bits per heavy atom. The van der Waals surface area contributed by atoms with E-state index in [9.17, 15) is 4.39 Å². The van der Waals surface area contributed by atoms with Crippen LogP contribution in [0.3, 0.4) is 0 Å². The van der Waals surface area contributed by atoms with E-state index >= 15 is 0 Å². The van der Waals surface area contributed by atoms with E-state index in [1.54, 1.807) is 10.7 Å². The average molecular weight is 261 g/mol. The summed E-state index contributed by atoms with van der Waals surface area (Å²) in [5.74, 6) is -0.163. The van der Waals surface area contributed by atoms with E-state index in [0.29, 0.717) is 5.56 Å². The number of aryl methyl sites for hydroxylation is 2. The maximum Gasteiger partial charge on any atom is 0.128 e. The molecule has 0 aliphatic carbocycles. The van der Waals surface area contributed by atoms with Gasteiger partial charge >= 0.3 is 0 Å². The van der Waals surface area contributed by atoms with Gasteiger partial charge in [0.2, 0.25) is 0 Å². The lowest BCUT2D eigenvalue weighted by molar-refractivity contribution is 0.587. The molecule has 1 aromatic heterocycles. The van der Waals surface area contributed by atoms with Gasteiger partial charge in [-0.2, -0.15) is 5.10 Å². The van der Waals surface area contributed by atoms with Crippen LogP contribution in [0.15, 0.2) is 30.5 Å². The molecule has 4 heteroatoms. The molecule has 0 saturated carbocycles. The molecule has 0 aliphatic rings. The SMILES string of the molecule is CCc1nn(C)cc1NC(CC)c1ccccc1F. The molecule has 1 atom stereocenters. The highest BCUT2D eigenvalue weighted by Crippen LogP contribution is 2.26. The molecular formula is C15H20FN3. The summed E-state index contributed by atoms with van der Waals surface area (Å²) in [5, 5.41) is 7.80. The first-order valence-electron chi connectivity index (χ1n) is 6.69. The maximum absolute atomic E-state index is 13.9. The Hall–Kier alpha value is -1.84. The molecule has 19 heavy (non-hydrogen) atoms. The molecule has 1 N–H and O–H groups in total. The zero-order chi connectivity index (χ0) is 13.8. The van der Waals surface area contributed by atoms with Crippen molar-refractivity contribution in [3.05, 3.63) is 47.5 Å². The fourth-order valence-corrected chi connectivity index (χ4v) is 2.26. The van der Waals surface area contributed by atoms with E-state index in [2.05, 4.69) is 17.3 Å². The predicted molar refractivity (Wildman–Crippen MR) is 75.6 cm³/mol. The summed E-state index contributed by atoms with van der Waals surface area (Å²) < 4.78 is 15.6. The molecule has 1 heterocycles. The van der Waals surface area contributed by atoms with Crippen LogP contribution in [0.4, 0.5) is 10.1 Å². The summed E-state index contributed by atoms with van der Waals surface area (Å²) in [7, 11) is 1.90. The van der Waals surface area contributed by atoms with Crippen molar-refractivity contribution in [1.82, 2.24) is 9.78 Å². The standard InChI is InChI=1S/C15H20FN3/c1-4-13(11-8-6-7-9-12(11)16)17-15-10-19(3)18-14(15)5-2/h6-10,13,17H,4-5H2,1-3H3. The first-order valence-corrected chi connectivity index (χ1v) is 6.69. The van der Waals surface area contributed by atoms with Crippen LogP contribution in [-0.2, 0) is 13.5 Å². The molecule has 0 spiro atoms. The molecule has 102 valence electrons. The predicted octanol–water partition coefficient (Wildman–Crippen LogP) is 3.68. The second-order valence-corrected chi connectivity index (χ2v) is 4.64. The third-order valence-electron chi connectivity index (χ3n) is 3.26. The third-order valence-corrected chi connectivity index (χ3v) is 3.26. The number of aromatic nitrogens is 2. The monoisotopic (exact) mass is 261 g/mol. The molecule has 1 aromatic carbocycles. The lowest BCUT2D eigenvalue weighted by Gasteiger charge is -2.19. The van der Waals surface area contributed by atoms with Crippen LogP contribution in [0.2, 0.25) is 0 Å². The Balaban J connectivity index is 2.26. The van der Waals surface area contributed by atoms with Crippen LogP contribution in [0.1, 0.15) is 37.6 Å². The first kappa shape index (κ1) is 13.6. The summed E-state index contributed by atoms with van der Waals surface area (Å²) in [4.78, 5) is 0. The van der Waals surface area contributed by atoms with E-state index < -0.39 is 0 Å². The van der Waals surface area contributed by atoms with Gasteiger partial charge in [-0.15, -0.1) is 0 Å². The Morgan fingerprint density at radius 1 is 1.32 bits per heavy atom. The van der Waals surface area contributed by atoms with Crippen LogP contribution in [0.5, 0.6) is 0 Å². The molecular weight excluding hydrogens is 241 g/mol. The Kier molecular flexibility index (Phi) is 4.20. The third kappa shape index (κ3) is 2.95. The van der Waals surface area contributed by atoms with Gasteiger partial charge in [0.1, 0.15) is 5.82 Å². The van der Waals surface area contributed by atoms with Gasteiger partial charge in [-0.3, -0.25) is 4.68 Å². The average Bonchev–Trinajstić information content (AvgIpc) is 2.77. The summed E-state index contributed by atoms with van der Waals surface area (Å²) in [6, 6.07) is 6.89. The minimum Gasteiger partial charge on any atom is -0.375 e. The maximum atomic E-state index is 13.9. The van der Waals surface area contributed by atoms with E-state index in [1.165, 1.54) is 6.07 Å². The molecule has 0 aliphatic heterocycles. The van der Waals surface area contributed by atoms with Crippen LogP contribution < -0.4 is 5.32 Å². The number of nitrogens with one attached hydrogen (secondary N) is 1. The number of nitrogens with zero attached hydrogens (tertiary/aromatic N) is 2. The van der Waals surface area contributed by atoms with Gasteiger partial charge in [0.05, 0.1) is 17.4 Å². The van der Waals surface area contributed by atoms with Gasteiger partial charge in [0.15, 0.2) is 0 Å². The second kappa shape index (κ2) is 5.87. The summed E-state index contributed by atoms with van der Waals surface area (Å²) in [5.41, 5.74) is 2.70. The topological polar surface area (TPSA) is 29.9 Å². The summed E-state index contributed by atoms with van der Waals surface area (Å²) >= 11 is 0. The number of hydrogen-bond acceptors (Lipinski definition) is 2. The van der Waals surface area contributed by atoms with Crippen molar-refractivity contribution in [3.8, 4) is 0 Å². The lowest BCUT2D eigenvalue weighted by Crippen LogP contribution is -2.12. The van der Waals surface area contributed by atoms with Gasteiger partial charge in [0.25, 0.3) is 0 Å². The highest BCUT2D eigenvalue weighted by atomic mass is 19.1. The van der Waals surface area contributed by atoms with Crippen molar-refractivity contribution in [1.29, 1.82) is 0 Å². The molecule has 0 fully saturated rings. The Bertz CT molecular complexity index is 548. The minimum absolute atomic E-state index is 0.0318. The normalized spacial score (nSPS) is 12.4. The number of anilines is 1. The number of halogens is 1. The van der Waals surface area contributed by atoms with E-state index in [-0.39, 0.29) is 11.9 Å². The summed E-state index contributed by atoms with van der Waals surface area (Å²) in [6.07, 6.45) is 3.62. The highest BCUT2D eigenvalue weighted by molar-refractivity contribution is 5.48. The largest absolute Gasteiger partial charge is 0.375 e. The summed E-state index contributed by atoms with van der Waals surface area (Å²) in [6.45, 7) is 4.11. The molecule has 2 aromatic rings. The first-order chi connectivity index (χ1) is 9.15. The Morgan fingerprint density at radius 3 is 2.68 bits per heavy atom. The van der Waals surface area contributed by atoms with Gasteiger partial charge in [-0.25, -0.2) is 4.39 Å². The van der Waals surface area contributed by atoms with Crippen molar-refractivity contribution in [2.24, 2.45) is 7.05 Å². The molecule has 0 saturated heterocycles. The molecule has 3 nitrogen and oxygen atoms in total.